The van der Waals surface area contributed by atoms with Crippen LogP contribution in [0.4, 0.5) is 5.95 Å². The molecule has 0 unspecified atom stereocenters. The van der Waals surface area contributed by atoms with Crippen molar-refractivity contribution in [3.8, 4) is 0 Å². The maximum absolute atomic E-state index is 5.99. The van der Waals surface area contributed by atoms with E-state index in [2.05, 4.69) is 22.2 Å². The lowest BCUT2D eigenvalue weighted by Crippen LogP contribution is -2.07. The highest BCUT2D eigenvalue weighted by molar-refractivity contribution is 5.77. The van der Waals surface area contributed by atoms with Gasteiger partial charge in [-0.05, 0) is 12.5 Å². The molecule has 0 radical (unpaired) electrons. The third-order valence-corrected chi connectivity index (χ3v) is 3.10. The second-order valence-electron chi connectivity index (χ2n) is 4.42. The van der Waals surface area contributed by atoms with Crippen LogP contribution in [0.2, 0.25) is 0 Å². The fourth-order valence-corrected chi connectivity index (χ4v) is 2.27. The van der Waals surface area contributed by atoms with E-state index in [1.807, 2.05) is 41.4 Å². The molecule has 18 heavy (non-hydrogen) atoms. The Bertz CT molecular complexity index is 693. The van der Waals surface area contributed by atoms with Crippen molar-refractivity contribution in [2.45, 2.75) is 13.5 Å². The number of imidazole rings is 1. The van der Waals surface area contributed by atoms with Gasteiger partial charge in [0.1, 0.15) is 5.52 Å². The SMILES string of the molecule is Cc1nn(C)c2c1nc(N)n2Cc1ccccc1. The molecule has 0 saturated heterocycles. The molecule has 0 aliphatic heterocycles. The molecule has 5 nitrogen and oxygen atoms in total. The zero-order chi connectivity index (χ0) is 12.7. The first-order chi connectivity index (χ1) is 8.66. The Kier molecular flexibility index (Phi) is 2.33. The van der Waals surface area contributed by atoms with Crippen molar-refractivity contribution >= 4 is 17.1 Å². The maximum atomic E-state index is 5.99. The molecule has 0 bridgehead atoms. The molecule has 0 aliphatic rings. The van der Waals surface area contributed by atoms with E-state index in [1.54, 1.807) is 0 Å². The predicted molar refractivity (Wildman–Crippen MR) is 71.2 cm³/mol. The molecule has 0 spiro atoms. The minimum atomic E-state index is 0.532. The Balaban J connectivity index is 2.14. The molecule has 0 aliphatic carbocycles. The molecular formula is C13H15N5. The largest absolute Gasteiger partial charge is 0.369 e. The smallest absolute Gasteiger partial charge is 0.202 e. The summed E-state index contributed by atoms with van der Waals surface area (Å²) in [6, 6.07) is 10.2. The number of hydrogen-bond acceptors (Lipinski definition) is 3. The van der Waals surface area contributed by atoms with Crippen molar-refractivity contribution < 1.29 is 0 Å². The van der Waals surface area contributed by atoms with Crippen LogP contribution in [0.25, 0.3) is 11.2 Å². The van der Waals surface area contributed by atoms with Crippen molar-refractivity contribution in [2.75, 3.05) is 5.73 Å². The van der Waals surface area contributed by atoms with Crippen molar-refractivity contribution in [1.29, 1.82) is 0 Å². The Morgan fingerprint density at radius 3 is 2.67 bits per heavy atom. The van der Waals surface area contributed by atoms with Crippen molar-refractivity contribution in [1.82, 2.24) is 19.3 Å². The zero-order valence-electron chi connectivity index (χ0n) is 10.5. The number of aryl methyl sites for hydroxylation is 2. The van der Waals surface area contributed by atoms with Crippen molar-refractivity contribution in [3.63, 3.8) is 0 Å². The summed E-state index contributed by atoms with van der Waals surface area (Å²) in [4.78, 5) is 4.39. The number of hydrogen-bond donors (Lipinski definition) is 1. The monoisotopic (exact) mass is 241 g/mol. The van der Waals surface area contributed by atoms with Crippen LogP contribution in [0, 0.1) is 6.92 Å². The van der Waals surface area contributed by atoms with Gasteiger partial charge in [-0.25, -0.2) is 4.98 Å². The van der Waals surface area contributed by atoms with Crippen LogP contribution in [-0.2, 0) is 13.6 Å². The summed E-state index contributed by atoms with van der Waals surface area (Å²) in [6.07, 6.45) is 0. The van der Waals surface area contributed by atoms with Gasteiger partial charge in [0.25, 0.3) is 0 Å². The summed E-state index contributed by atoms with van der Waals surface area (Å²) < 4.78 is 3.82. The Hall–Kier alpha value is -2.30. The van der Waals surface area contributed by atoms with E-state index in [-0.39, 0.29) is 0 Å². The van der Waals surface area contributed by atoms with Gasteiger partial charge < -0.3 is 5.73 Å². The van der Waals surface area contributed by atoms with Gasteiger partial charge in [0.2, 0.25) is 5.95 Å². The van der Waals surface area contributed by atoms with Gasteiger partial charge in [-0.3, -0.25) is 9.25 Å². The highest BCUT2D eigenvalue weighted by atomic mass is 15.3. The lowest BCUT2D eigenvalue weighted by Gasteiger charge is -2.06. The number of nitrogens with zero attached hydrogens (tertiary/aromatic N) is 4. The number of anilines is 1. The fourth-order valence-electron chi connectivity index (χ4n) is 2.27. The average molecular weight is 241 g/mol. The van der Waals surface area contributed by atoms with Crippen molar-refractivity contribution in [3.05, 3.63) is 41.6 Å². The molecule has 0 atom stereocenters. The maximum Gasteiger partial charge on any atom is 0.202 e. The van der Waals surface area contributed by atoms with E-state index in [4.69, 9.17) is 5.73 Å². The second-order valence-corrected chi connectivity index (χ2v) is 4.42. The average Bonchev–Trinajstić information content (AvgIpc) is 2.81. The summed E-state index contributed by atoms with van der Waals surface area (Å²) >= 11 is 0. The van der Waals surface area contributed by atoms with Gasteiger partial charge in [0.15, 0.2) is 5.65 Å². The molecular weight excluding hydrogens is 226 g/mol. The van der Waals surface area contributed by atoms with Crippen molar-refractivity contribution in [2.24, 2.45) is 7.05 Å². The van der Waals surface area contributed by atoms with Crippen LogP contribution in [0.15, 0.2) is 30.3 Å². The van der Waals surface area contributed by atoms with E-state index in [1.165, 1.54) is 5.56 Å². The molecule has 3 rings (SSSR count). The first kappa shape index (κ1) is 10.8. The number of benzene rings is 1. The van der Waals surface area contributed by atoms with E-state index in [9.17, 15) is 0 Å². The molecule has 0 saturated carbocycles. The van der Waals surface area contributed by atoms with E-state index in [0.29, 0.717) is 12.5 Å². The summed E-state index contributed by atoms with van der Waals surface area (Å²) in [5.41, 5.74) is 9.95. The number of fused-ring (bicyclic) bond motifs is 1. The van der Waals surface area contributed by atoms with Gasteiger partial charge in [-0.15, -0.1) is 0 Å². The van der Waals surface area contributed by atoms with Crippen LogP contribution in [0.1, 0.15) is 11.3 Å². The number of rotatable bonds is 2. The molecule has 92 valence electrons. The Labute approximate surface area is 105 Å². The van der Waals surface area contributed by atoms with Gasteiger partial charge in [0, 0.05) is 7.05 Å². The highest BCUT2D eigenvalue weighted by Gasteiger charge is 2.15. The standard InChI is InChI=1S/C13H15N5/c1-9-11-12(17(2)16-9)18(13(14)15-11)8-10-6-4-3-5-7-10/h3-7H,8H2,1-2H3,(H2,14,15). The quantitative estimate of drug-likeness (QED) is 0.743. The minimum Gasteiger partial charge on any atom is -0.369 e. The lowest BCUT2D eigenvalue weighted by atomic mass is 10.2. The summed E-state index contributed by atoms with van der Waals surface area (Å²) in [5, 5.41) is 4.37. The lowest BCUT2D eigenvalue weighted by molar-refractivity contribution is 0.726. The summed E-state index contributed by atoms with van der Waals surface area (Å²) in [5.74, 6) is 0.532. The zero-order valence-corrected chi connectivity index (χ0v) is 10.5. The molecule has 0 fully saturated rings. The summed E-state index contributed by atoms with van der Waals surface area (Å²) in [7, 11) is 1.91. The third kappa shape index (κ3) is 1.55. The van der Waals surface area contributed by atoms with Gasteiger partial charge >= 0.3 is 0 Å². The Morgan fingerprint density at radius 2 is 1.94 bits per heavy atom. The number of nitrogens with two attached hydrogens (primary N) is 1. The third-order valence-electron chi connectivity index (χ3n) is 3.10. The predicted octanol–water partition coefficient (Wildman–Crippen LogP) is 1.71. The van der Waals surface area contributed by atoms with Gasteiger partial charge in [-0.1, -0.05) is 30.3 Å². The van der Waals surface area contributed by atoms with E-state index in [0.717, 1.165) is 16.9 Å². The van der Waals surface area contributed by atoms with Gasteiger partial charge in [-0.2, -0.15) is 5.10 Å². The van der Waals surface area contributed by atoms with Gasteiger partial charge in [0.05, 0.1) is 12.2 Å². The van der Waals surface area contributed by atoms with E-state index < -0.39 is 0 Å². The molecule has 2 N–H and O–H groups in total. The highest BCUT2D eigenvalue weighted by Crippen LogP contribution is 2.21. The molecule has 2 heterocycles. The van der Waals surface area contributed by atoms with Crippen LogP contribution in [0.5, 0.6) is 0 Å². The first-order valence-corrected chi connectivity index (χ1v) is 5.86. The molecule has 2 aromatic heterocycles. The van der Waals surface area contributed by atoms with Crippen LogP contribution in [0.3, 0.4) is 0 Å². The second kappa shape index (κ2) is 3.87. The normalized spacial score (nSPS) is 11.2. The fraction of sp³-hybridized carbons (Fsp3) is 0.231. The van der Waals surface area contributed by atoms with E-state index >= 15 is 0 Å². The van der Waals surface area contributed by atoms with Crippen LogP contribution in [-0.4, -0.2) is 19.3 Å². The summed E-state index contributed by atoms with van der Waals surface area (Å²) in [6.45, 7) is 2.66. The molecule has 3 aromatic rings. The molecule has 5 heteroatoms. The Morgan fingerprint density at radius 1 is 1.22 bits per heavy atom. The van der Waals surface area contributed by atoms with Crippen LogP contribution >= 0.6 is 0 Å². The number of nitrogen functional groups attached to an aromatic ring is 1. The minimum absolute atomic E-state index is 0.532. The molecule has 1 aromatic carbocycles. The molecule has 0 amide bonds. The number of aromatic nitrogens is 4. The van der Waals surface area contributed by atoms with Crippen LogP contribution < -0.4 is 5.73 Å². The first-order valence-electron chi connectivity index (χ1n) is 5.86. The topological polar surface area (TPSA) is 61.7 Å².